The Hall–Kier alpha value is -15.6. The van der Waals surface area contributed by atoms with E-state index in [1.165, 1.54) is 146 Å². The van der Waals surface area contributed by atoms with Crippen LogP contribution in [0.15, 0.2) is 172 Å². The minimum Gasteiger partial charge on any atom is -0.382 e. The van der Waals surface area contributed by atoms with Gasteiger partial charge in [0.05, 0.1) is 122 Å². The first-order valence-electron chi connectivity index (χ1n) is 49.8. The van der Waals surface area contributed by atoms with E-state index in [2.05, 4.69) is 237 Å². The molecule has 141 heavy (non-hydrogen) atoms. The lowest BCUT2D eigenvalue weighted by molar-refractivity contribution is 0.220. The maximum absolute atomic E-state index is 5.01. The zero-order valence-electron chi connectivity index (χ0n) is 79.9. The lowest BCUT2D eigenvalue weighted by Gasteiger charge is -2.28. The molecule has 26 rings (SSSR count). The summed E-state index contributed by atoms with van der Waals surface area (Å²) in [5, 5.41) is 37.5. The summed E-state index contributed by atoms with van der Waals surface area (Å²) >= 11 is 0. The quantitative estimate of drug-likeness (QED) is 0.0342. The van der Waals surface area contributed by atoms with E-state index in [4.69, 9.17) is 19.9 Å². The molecular formula is C105H114N36. The van der Waals surface area contributed by atoms with Gasteiger partial charge in [-0.05, 0) is 222 Å². The minimum atomic E-state index is 0.329. The van der Waals surface area contributed by atoms with Crippen molar-refractivity contribution >= 4 is 117 Å². The first-order chi connectivity index (χ1) is 69.4. The highest BCUT2D eigenvalue weighted by Crippen LogP contribution is 2.40. The second-order valence-electron chi connectivity index (χ2n) is 38.6. The van der Waals surface area contributed by atoms with E-state index in [1.807, 2.05) is 124 Å². The normalized spacial score (nSPS) is 15.8. The molecular weight excluding hydrogens is 1770 g/mol. The Labute approximate surface area is 813 Å². The average Bonchev–Trinajstić information content (AvgIpc) is 1.63. The van der Waals surface area contributed by atoms with Crippen molar-refractivity contribution in [3.05, 3.63) is 189 Å². The summed E-state index contributed by atoms with van der Waals surface area (Å²) in [5.74, 6) is 2.97. The third-order valence-electron chi connectivity index (χ3n) is 27.7. The molecule has 0 saturated carbocycles. The lowest BCUT2D eigenvalue weighted by atomic mass is 10.1. The van der Waals surface area contributed by atoms with E-state index in [9.17, 15) is 0 Å². The molecule has 36 heteroatoms. The zero-order chi connectivity index (χ0) is 94.6. The Balaban J connectivity index is 0.000000105. The van der Waals surface area contributed by atoms with Crippen molar-refractivity contribution < 1.29 is 0 Å². The molecule has 0 radical (unpaired) electrons. The molecule has 0 unspecified atom stereocenters. The summed E-state index contributed by atoms with van der Waals surface area (Å²) in [4.78, 5) is 105. The molecule has 0 bridgehead atoms. The number of hydrogen-bond acceptors (Lipinski definition) is 28. The van der Waals surface area contributed by atoms with Crippen LogP contribution in [-0.2, 0) is 19.6 Å². The summed E-state index contributed by atoms with van der Waals surface area (Å²) in [7, 11) is 4.11. The Morgan fingerprint density at radius 1 is 0.284 bits per heavy atom. The number of aromatic amines is 8. The Kier molecular flexibility index (Phi) is 25.4. The zero-order valence-corrected chi connectivity index (χ0v) is 79.9. The highest BCUT2D eigenvalue weighted by Gasteiger charge is 2.28. The molecule has 0 spiro atoms. The van der Waals surface area contributed by atoms with Crippen molar-refractivity contribution in [1.82, 2.24) is 155 Å². The predicted octanol–water partition coefficient (Wildman–Crippen LogP) is 18.3. The van der Waals surface area contributed by atoms with E-state index >= 15 is 0 Å². The largest absolute Gasteiger partial charge is 0.382 e. The van der Waals surface area contributed by atoms with E-state index in [-0.39, 0.29) is 0 Å². The van der Waals surface area contributed by atoms with Gasteiger partial charge >= 0.3 is 0 Å². The van der Waals surface area contributed by atoms with Gasteiger partial charge in [0.25, 0.3) is 0 Å². The number of piperidine rings is 5. The van der Waals surface area contributed by atoms with Crippen LogP contribution in [0, 0.1) is 0 Å². The van der Waals surface area contributed by atoms with E-state index in [1.54, 1.807) is 0 Å². The van der Waals surface area contributed by atoms with Gasteiger partial charge in [-0.2, -0.15) is 20.4 Å². The fourth-order valence-corrected chi connectivity index (χ4v) is 20.7. The van der Waals surface area contributed by atoms with Gasteiger partial charge in [0.15, 0.2) is 45.9 Å². The highest BCUT2D eigenvalue weighted by molar-refractivity contribution is 6.01. The van der Waals surface area contributed by atoms with Crippen LogP contribution >= 0.6 is 0 Å². The first-order valence-corrected chi connectivity index (χ1v) is 49.8. The van der Waals surface area contributed by atoms with Crippen molar-refractivity contribution in [2.45, 2.75) is 149 Å². The number of aromatic nitrogens is 28. The number of nitrogens with zero attached hydrogens (tertiary/aromatic N) is 27. The maximum Gasteiger partial charge on any atom is 0.181 e. The van der Waals surface area contributed by atoms with Crippen LogP contribution in [0.1, 0.15) is 140 Å². The number of anilines is 5. The van der Waals surface area contributed by atoms with Gasteiger partial charge in [-0.25, -0.2) is 39.9 Å². The van der Waals surface area contributed by atoms with E-state index < -0.39 is 0 Å². The molecule has 20 aromatic rings. The summed E-state index contributed by atoms with van der Waals surface area (Å²) in [5.41, 5.74) is 30.6. The van der Waals surface area contributed by atoms with Crippen LogP contribution in [0.2, 0.25) is 0 Å². The number of fused-ring (bicyclic) bond motifs is 8. The maximum atomic E-state index is 5.01. The number of nitrogens with one attached hydrogen (secondary N) is 9. The molecule has 6 aliphatic rings. The second kappa shape index (κ2) is 40.1. The van der Waals surface area contributed by atoms with Crippen LogP contribution in [0.25, 0.3) is 179 Å². The average molecular weight is 1880 g/mol. The monoisotopic (exact) mass is 1880 g/mol. The molecule has 6 aliphatic heterocycles. The fraction of sp³-hybridized carbons (Fsp3) is 0.352. The van der Waals surface area contributed by atoms with E-state index in [0.717, 1.165) is 262 Å². The molecule has 6 saturated heterocycles. The number of H-pyrrole nitrogens is 8. The van der Waals surface area contributed by atoms with Crippen molar-refractivity contribution in [1.29, 1.82) is 0 Å². The Bertz CT molecular complexity index is 7580. The van der Waals surface area contributed by atoms with Crippen molar-refractivity contribution in [2.24, 2.45) is 0 Å². The number of hydrogen-bond donors (Lipinski definition) is 9. The summed E-state index contributed by atoms with van der Waals surface area (Å²) in [6, 6.07) is 17.5. The molecule has 0 aliphatic carbocycles. The molecule has 36 nitrogen and oxygen atoms in total. The SMILES string of the molecule is CC(C)Nc1cncc(-c2cnc3n[nH]c(-c4nc5c(N6CCCCC6)cncc5[nH]4)c3c2)c1.CN(C)Cc1cncc(-c2cnc3n[nH]c(-c4nc5c(N6CCCCC6)cncc5[nH]4)c3c2)c1.c1ncc(-c2cnc3n[nH]c(-c4nc5c(N6CCCCC6)cncc5[nH]4)c3c2)cc1CN1CCCC1.c1ncc(-c2cnc3n[nH]c(-c4nc5c(N6CCCCC6)cncc5[nH]4)c3c2)cc1CN1CCCCC1. The second-order valence-corrected chi connectivity index (χ2v) is 38.6. The Morgan fingerprint density at radius 3 is 0.851 bits per heavy atom. The third kappa shape index (κ3) is 19.2. The highest BCUT2D eigenvalue weighted by atomic mass is 15.2. The molecule has 0 atom stereocenters. The van der Waals surface area contributed by atoms with Crippen molar-refractivity contribution in [3.8, 4) is 90.6 Å². The third-order valence-corrected chi connectivity index (χ3v) is 27.7. The van der Waals surface area contributed by atoms with Gasteiger partial charge < -0.3 is 49.8 Å². The van der Waals surface area contributed by atoms with Crippen LogP contribution in [0.3, 0.4) is 0 Å². The predicted molar refractivity (Wildman–Crippen MR) is 554 cm³/mol. The number of pyridine rings is 12. The number of rotatable bonds is 20. The lowest BCUT2D eigenvalue weighted by Crippen LogP contribution is -2.29. The molecule has 26 heterocycles. The van der Waals surface area contributed by atoms with Crippen LogP contribution in [-0.4, -0.2) is 254 Å². The van der Waals surface area contributed by atoms with Gasteiger partial charge in [0, 0.05) is 197 Å². The summed E-state index contributed by atoms with van der Waals surface area (Å²) < 4.78 is 0. The number of likely N-dealkylation sites (tertiary alicyclic amines) is 2. The molecule has 714 valence electrons. The summed E-state index contributed by atoms with van der Waals surface area (Å²) in [6.07, 6.45) is 59.1. The van der Waals surface area contributed by atoms with Gasteiger partial charge in [-0.3, -0.25) is 70.1 Å². The van der Waals surface area contributed by atoms with Gasteiger partial charge in [-0.1, -0.05) is 6.42 Å². The van der Waals surface area contributed by atoms with E-state index in [0.29, 0.717) is 28.6 Å². The van der Waals surface area contributed by atoms with Crippen LogP contribution < -0.4 is 24.9 Å². The minimum absolute atomic E-state index is 0.329. The van der Waals surface area contributed by atoms with Crippen molar-refractivity contribution in [3.63, 3.8) is 0 Å². The van der Waals surface area contributed by atoms with Gasteiger partial charge in [-0.15, -0.1) is 0 Å². The number of imidazole rings is 4. The molecule has 9 N–H and O–H groups in total. The van der Waals surface area contributed by atoms with Crippen molar-refractivity contribution in [2.75, 3.05) is 118 Å². The standard InChI is InChI=1S/C28H31N9.C27H29N9.2C25H27N9/c1-3-7-36(8-4-1)18-19-11-20(14-29-13-19)21-12-22-25(34-35-27(22)31-15-21)28-32-23-16-30-17-24(26(23)33-28)37-9-5-2-6-10-37;1-2-8-36(9-3-1)23-16-29-15-22-25(23)32-27(31-22)24-21-11-20(14-30-26(21)34-33-24)19-10-18(12-28-13-19)17-35-6-4-5-7-35;1-33(2)15-16-8-17(11-26-10-16)18-9-19-22(31-32-24(19)28-12-18)25-29-20-13-27-14-21(23(20)30-25)34-6-4-3-5-7-34;1-15(2)29-18-8-16(10-26-12-18)17-9-19-22(32-33-24(19)28-11-17)25-30-20-13-27-14-21(23(20)31-25)34-6-4-3-5-7-34/h11-17H,1-10,18H2,(H,32,33)(H,31,34,35);10-16H,1-9,17H2,(H,31,32)(H,30,33,34);8-14H,3-7,15H2,1-2H3,(H,29,30)(H,28,31,32);8-15,29H,3-7H2,1-2H3,(H,30,31)(H,28,32,33). The Morgan fingerprint density at radius 2 is 0.546 bits per heavy atom. The van der Waals surface area contributed by atoms with Gasteiger partial charge in [0.1, 0.15) is 44.8 Å². The van der Waals surface area contributed by atoms with Crippen LogP contribution in [0.4, 0.5) is 28.4 Å². The fourth-order valence-electron chi connectivity index (χ4n) is 20.7. The smallest absolute Gasteiger partial charge is 0.181 e. The molecule has 0 aromatic carbocycles. The summed E-state index contributed by atoms with van der Waals surface area (Å²) in [6.45, 7) is 20.0. The molecule has 20 aromatic heterocycles. The van der Waals surface area contributed by atoms with Crippen LogP contribution in [0.5, 0.6) is 0 Å². The molecule has 0 amide bonds. The first kappa shape index (κ1) is 89.4. The van der Waals surface area contributed by atoms with Gasteiger partial charge in [0.2, 0.25) is 0 Å². The molecule has 6 fully saturated rings. The topological polar surface area (TPSA) is 419 Å².